The molecule has 1 aromatic rings. The van der Waals surface area contributed by atoms with Crippen molar-refractivity contribution in [1.82, 2.24) is 0 Å². The monoisotopic (exact) mass is 224 g/mol. The van der Waals surface area contributed by atoms with Crippen molar-refractivity contribution in [3.8, 4) is 0 Å². The minimum atomic E-state index is -1.14. The molecule has 0 saturated heterocycles. The first-order chi connectivity index (χ1) is 7.09. The molecule has 0 bridgehead atoms. The van der Waals surface area contributed by atoms with Gasteiger partial charge >= 0.3 is 5.97 Å². The van der Waals surface area contributed by atoms with Crippen LogP contribution in [0.1, 0.15) is 19.4 Å². The Balaban J connectivity index is 2.87. The number of carbonyl (C=O) groups excluding carboxylic acids is 1. The molecule has 15 heavy (non-hydrogen) atoms. The number of esters is 1. The first-order valence-corrected chi connectivity index (χ1v) is 5.03. The second-order valence-corrected chi connectivity index (χ2v) is 4.00. The van der Waals surface area contributed by atoms with Crippen molar-refractivity contribution >= 4 is 17.6 Å². The molecule has 0 saturated carbocycles. The first kappa shape index (κ1) is 11.8. The molecular formula is C12H13ClO2. The number of allylic oxidation sites excluding steroid dienone is 1. The molecule has 0 aliphatic heterocycles. The number of ether oxygens (including phenoxy) is 1. The van der Waals surface area contributed by atoms with Gasteiger partial charge in [0.15, 0.2) is 4.87 Å². The average Bonchev–Trinajstić information content (AvgIpc) is 2.27. The first-order valence-electron chi connectivity index (χ1n) is 4.65. The summed E-state index contributed by atoms with van der Waals surface area (Å²) in [5, 5.41) is 0. The molecule has 1 unspecified atom stereocenters. The molecule has 0 radical (unpaired) electrons. The van der Waals surface area contributed by atoms with E-state index < -0.39 is 10.8 Å². The number of halogens is 1. The maximum absolute atomic E-state index is 11.6. The Kier molecular flexibility index (Phi) is 3.92. The summed E-state index contributed by atoms with van der Waals surface area (Å²) >= 11 is 6.14. The summed E-state index contributed by atoms with van der Waals surface area (Å²) in [7, 11) is 0. The summed E-state index contributed by atoms with van der Waals surface area (Å²) in [6, 6.07) is 9.12. The van der Waals surface area contributed by atoms with Crippen LogP contribution in [0.2, 0.25) is 0 Å². The Labute approximate surface area is 94.5 Å². The van der Waals surface area contributed by atoms with Crippen molar-refractivity contribution in [2.75, 3.05) is 0 Å². The molecule has 0 heterocycles. The van der Waals surface area contributed by atoms with Gasteiger partial charge in [-0.05, 0) is 19.4 Å². The van der Waals surface area contributed by atoms with E-state index in [1.54, 1.807) is 32.1 Å². The predicted molar refractivity (Wildman–Crippen MR) is 60.6 cm³/mol. The Morgan fingerprint density at radius 3 is 2.53 bits per heavy atom. The van der Waals surface area contributed by atoms with Crippen LogP contribution in [0.4, 0.5) is 0 Å². The van der Waals surface area contributed by atoms with Crippen molar-refractivity contribution in [2.24, 2.45) is 0 Å². The average molecular weight is 225 g/mol. The highest BCUT2D eigenvalue weighted by atomic mass is 35.5. The number of benzene rings is 1. The van der Waals surface area contributed by atoms with Crippen LogP contribution in [0.25, 0.3) is 0 Å². The summed E-state index contributed by atoms with van der Waals surface area (Å²) in [5.41, 5.74) is 0.723. The lowest BCUT2D eigenvalue weighted by atomic mass is 10.0. The Bertz CT molecular complexity index is 355. The van der Waals surface area contributed by atoms with E-state index in [4.69, 9.17) is 16.3 Å². The SMILES string of the molecule is CC=COC(=O)C(C)(Cl)c1ccccc1. The van der Waals surface area contributed by atoms with Crippen LogP contribution < -0.4 is 0 Å². The molecule has 0 aliphatic carbocycles. The quantitative estimate of drug-likeness (QED) is 0.448. The van der Waals surface area contributed by atoms with E-state index in [2.05, 4.69) is 0 Å². The summed E-state index contributed by atoms with van der Waals surface area (Å²) in [6.07, 6.45) is 2.96. The zero-order valence-electron chi connectivity index (χ0n) is 8.74. The van der Waals surface area contributed by atoms with Gasteiger partial charge in [-0.25, -0.2) is 4.79 Å². The van der Waals surface area contributed by atoms with Crippen molar-refractivity contribution in [1.29, 1.82) is 0 Å². The minimum absolute atomic E-state index is 0.478. The van der Waals surface area contributed by atoms with Gasteiger partial charge in [0.05, 0.1) is 6.26 Å². The largest absolute Gasteiger partial charge is 0.433 e. The number of rotatable bonds is 3. The van der Waals surface area contributed by atoms with Crippen LogP contribution >= 0.6 is 11.6 Å². The number of hydrogen-bond donors (Lipinski definition) is 0. The van der Waals surface area contributed by atoms with Gasteiger partial charge in [-0.2, -0.15) is 0 Å². The summed E-state index contributed by atoms with van der Waals surface area (Å²) in [5.74, 6) is -0.478. The van der Waals surface area contributed by atoms with Gasteiger partial charge in [0.1, 0.15) is 0 Å². The van der Waals surface area contributed by atoms with Crippen LogP contribution in [0.3, 0.4) is 0 Å². The maximum atomic E-state index is 11.6. The predicted octanol–water partition coefficient (Wildman–Crippen LogP) is 3.22. The van der Waals surface area contributed by atoms with E-state index in [0.29, 0.717) is 0 Å². The van der Waals surface area contributed by atoms with Crippen molar-refractivity contribution < 1.29 is 9.53 Å². The Morgan fingerprint density at radius 2 is 2.00 bits per heavy atom. The Morgan fingerprint density at radius 1 is 1.40 bits per heavy atom. The third kappa shape index (κ3) is 2.83. The molecule has 1 rings (SSSR count). The number of carbonyl (C=O) groups is 1. The second kappa shape index (κ2) is 4.99. The molecule has 1 atom stereocenters. The Hall–Kier alpha value is -1.28. The zero-order valence-corrected chi connectivity index (χ0v) is 9.49. The van der Waals surface area contributed by atoms with Crippen molar-refractivity contribution in [3.63, 3.8) is 0 Å². The van der Waals surface area contributed by atoms with Gasteiger partial charge in [-0.1, -0.05) is 36.4 Å². The molecule has 0 amide bonds. The molecule has 0 aliphatic rings. The molecule has 0 N–H and O–H groups in total. The third-order valence-electron chi connectivity index (χ3n) is 2.01. The lowest BCUT2D eigenvalue weighted by Gasteiger charge is -2.19. The molecule has 0 spiro atoms. The van der Waals surface area contributed by atoms with Crippen LogP contribution in [0.5, 0.6) is 0 Å². The van der Waals surface area contributed by atoms with Crippen LogP contribution in [0, 0.1) is 0 Å². The second-order valence-electron chi connectivity index (χ2n) is 3.24. The molecule has 0 fully saturated rings. The van der Waals surface area contributed by atoms with Gasteiger partial charge in [0.25, 0.3) is 0 Å². The van der Waals surface area contributed by atoms with Crippen molar-refractivity contribution in [3.05, 3.63) is 48.2 Å². The van der Waals surface area contributed by atoms with Gasteiger partial charge in [0.2, 0.25) is 0 Å². The summed E-state index contributed by atoms with van der Waals surface area (Å²) in [6.45, 7) is 3.39. The zero-order chi connectivity index (χ0) is 11.3. The lowest BCUT2D eigenvalue weighted by Crippen LogP contribution is -2.27. The lowest BCUT2D eigenvalue weighted by molar-refractivity contribution is -0.141. The van der Waals surface area contributed by atoms with E-state index in [-0.39, 0.29) is 0 Å². The van der Waals surface area contributed by atoms with Crippen LogP contribution in [-0.4, -0.2) is 5.97 Å². The molecule has 80 valence electrons. The highest BCUT2D eigenvalue weighted by molar-refractivity contribution is 6.33. The van der Waals surface area contributed by atoms with E-state index in [0.717, 1.165) is 5.56 Å². The van der Waals surface area contributed by atoms with E-state index >= 15 is 0 Å². The van der Waals surface area contributed by atoms with Crippen LogP contribution in [0.15, 0.2) is 42.7 Å². The highest BCUT2D eigenvalue weighted by Gasteiger charge is 2.33. The minimum Gasteiger partial charge on any atom is -0.433 e. The van der Waals surface area contributed by atoms with Gasteiger partial charge in [-0.3, -0.25) is 0 Å². The summed E-state index contributed by atoms with van der Waals surface area (Å²) in [4.78, 5) is 10.5. The van der Waals surface area contributed by atoms with E-state index in [1.807, 2.05) is 18.2 Å². The third-order valence-corrected chi connectivity index (χ3v) is 2.38. The smallest absolute Gasteiger partial charge is 0.336 e. The van der Waals surface area contributed by atoms with Gasteiger partial charge in [0, 0.05) is 0 Å². The molecule has 1 aromatic carbocycles. The fourth-order valence-corrected chi connectivity index (χ4v) is 1.28. The molecule has 0 aromatic heterocycles. The normalized spacial score (nSPS) is 14.9. The van der Waals surface area contributed by atoms with E-state index in [9.17, 15) is 4.79 Å². The highest BCUT2D eigenvalue weighted by Crippen LogP contribution is 2.29. The van der Waals surface area contributed by atoms with Gasteiger partial charge in [-0.15, -0.1) is 11.6 Å². The number of hydrogen-bond acceptors (Lipinski definition) is 2. The van der Waals surface area contributed by atoms with Gasteiger partial charge < -0.3 is 4.74 Å². The molecular weight excluding hydrogens is 212 g/mol. The van der Waals surface area contributed by atoms with Crippen LogP contribution in [-0.2, 0) is 14.4 Å². The molecule has 3 heteroatoms. The van der Waals surface area contributed by atoms with E-state index in [1.165, 1.54) is 6.26 Å². The topological polar surface area (TPSA) is 26.3 Å². The standard InChI is InChI=1S/C12H13ClO2/c1-3-9-15-11(14)12(2,13)10-7-5-4-6-8-10/h3-9H,1-2H3. The molecule has 2 nitrogen and oxygen atoms in total. The fourth-order valence-electron chi connectivity index (χ4n) is 1.11. The number of alkyl halides is 1. The fraction of sp³-hybridized carbons (Fsp3) is 0.250. The van der Waals surface area contributed by atoms with Crippen molar-refractivity contribution in [2.45, 2.75) is 18.7 Å². The maximum Gasteiger partial charge on any atom is 0.336 e. The summed E-state index contributed by atoms with van der Waals surface area (Å²) < 4.78 is 4.86.